The SMILES string of the molecule is CCC(CC)C(=O)Nc1ncnc2sc3c(c12)CCCC3. The number of aromatic nitrogens is 2. The number of hydrogen-bond donors (Lipinski definition) is 1. The van der Waals surface area contributed by atoms with Crippen LogP contribution < -0.4 is 5.32 Å². The van der Waals surface area contributed by atoms with Gasteiger partial charge >= 0.3 is 0 Å². The molecule has 112 valence electrons. The second-order valence-corrected chi connectivity index (χ2v) is 6.70. The van der Waals surface area contributed by atoms with Crippen LogP contribution in [0.5, 0.6) is 0 Å². The molecule has 0 aromatic carbocycles. The molecule has 1 amide bonds. The topological polar surface area (TPSA) is 54.9 Å². The lowest BCUT2D eigenvalue weighted by Crippen LogP contribution is -2.22. The van der Waals surface area contributed by atoms with E-state index in [-0.39, 0.29) is 11.8 Å². The van der Waals surface area contributed by atoms with Gasteiger partial charge in [-0.2, -0.15) is 0 Å². The number of hydrogen-bond acceptors (Lipinski definition) is 4. The molecule has 0 aliphatic heterocycles. The first kappa shape index (κ1) is 14.4. The summed E-state index contributed by atoms with van der Waals surface area (Å²) in [5.41, 5.74) is 1.36. The zero-order valence-electron chi connectivity index (χ0n) is 12.6. The quantitative estimate of drug-likeness (QED) is 0.930. The highest BCUT2D eigenvalue weighted by molar-refractivity contribution is 7.19. The Morgan fingerprint density at radius 2 is 2.05 bits per heavy atom. The van der Waals surface area contributed by atoms with Crippen LogP contribution in [-0.4, -0.2) is 15.9 Å². The molecular weight excluding hydrogens is 282 g/mol. The Labute approximate surface area is 129 Å². The largest absolute Gasteiger partial charge is 0.310 e. The molecule has 0 saturated carbocycles. The van der Waals surface area contributed by atoms with Crippen molar-refractivity contribution in [1.29, 1.82) is 0 Å². The maximum atomic E-state index is 12.3. The van der Waals surface area contributed by atoms with Gasteiger partial charge in [0, 0.05) is 10.8 Å². The summed E-state index contributed by atoms with van der Waals surface area (Å²) in [6, 6.07) is 0. The summed E-state index contributed by atoms with van der Waals surface area (Å²) in [5, 5.41) is 4.12. The number of anilines is 1. The number of amides is 1. The van der Waals surface area contributed by atoms with Crippen LogP contribution in [0.25, 0.3) is 10.2 Å². The zero-order chi connectivity index (χ0) is 14.8. The van der Waals surface area contributed by atoms with Gasteiger partial charge in [-0.1, -0.05) is 13.8 Å². The third kappa shape index (κ3) is 2.67. The molecule has 2 heterocycles. The van der Waals surface area contributed by atoms with Crippen LogP contribution in [0.4, 0.5) is 5.82 Å². The molecular formula is C16H21N3OS. The van der Waals surface area contributed by atoms with E-state index in [0.717, 1.165) is 35.9 Å². The van der Waals surface area contributed by atoms with Crippen molar-refractivity contribution in [2.24, 2.45) is 5.92 Å². The van der Waals surface area contributed by atoms with Crippen molar-refractivity contribution in [2.45, 2.75) is 52.4 Å². The van der Waals surface area contributed by atoms with Crippen molar-refractivity contribution < 1.29 is 4.79 Å². The molecule has 3 rings (SSSR count). The van der Waals surface area contributed by atoms with Gasteiger partial charge in [0.15, 0.2) is 0 Å². The number of thiophene rings is 1. The highest BCUT2D eigenvalue weighted by Crippen LogP contribution is 2.38. The predicted molar refractivity (Wildman–Crippen MR) is 86.8 cm³/mol. The molecule has 1 N–H and O–H groups in total. The first-order chi connectivity index (χ1) is 10.2. The van der Waals surface area contributed by atoms with Crippen LogP contribution in [0.1, 0.15) is 50.0 Å². The molecule has 1 aliphatic carbocycles. The van der Waals surface area contributed by atoms with E-state index in [2.05, 4.69) is 29.1 Å². The van der Waals surface area contributed by atoms with Gasteiger partial charge in [-0.25, -0.2) is 9.97 Å². The summed E-state index contributed by atoms with van der Waals surface area (Å²) < 4.78 is 0. The molecule has 4 nitrogen and oxygen atoms in total. The molecule has 21 heavy (non-hydrogen) atoms. The maximum Gasteiger partial charge on any atom is 0.228 e. The fourth-order valence-corrected chi connectivity index (χ4v) is 4.29. The summed E-state index contributed by atoms with van der Waals surface area (Å²) in [5.74, 6) is 0.844. The van der Waals surface area contributed by atoms with E-state index in [1.54, 1.807) is 17.7 Å². The lowest BCUT2D eigenvalue weighted by atomic mass is 9.97. The number of nitrogens with zero attached hydrogens (tertiary/aromatic N) is 2. The third-order valence-electron chi connectivity index (χ3n) is 4.35. The molecule has 0 atom stereocenters. The van der Waals surface area contributed by atoms with Crippen molar-refractivity contribution in [2.75, 3.05) is 5.32 Å². The monoisotopic (exact) mass is 303 g/mol. The van der Waals surface area contributed by atoms with Gasteiger partial charge in [-0.05, 0) is 44.1 Å². The number of nitrogens with one attached hydrogen (secondary N) is 1. The summed E-state index contributed by atoms with van der Waals surface area (Å²) in [7, 11) is 0. The van der Waals surface area contributed by atoms with Gasteiger partial charge in [0.1, 0.15) is 17.0 Å². The fraction of sp³-hybridized carbons (Fsp3) is 0.562. The van der Waals surface area contributed by atoms with Gasteiger partial charge in [0.2, 0.25) is 5.91 Å². The molecule has 0 unspecified atom stereocenters. The molecule has 0 spiro atoms. The second-order valence-electron chi connectivity index (χ2n) is 5.62. The second kappa shape index (κ2) is 6.10. The highest BCUT2D eigenvalue weighted by Gasteiger charge is 2.22. The Morgan fingerprint density at radius 3 is 2.81 bits per heavy atom. The van der Waals surface area contributed by atoms with Gasteiger partial charge in [0.05, 0.1) is 5.39 Å². The smallest absolute Gasteiger partial charge is 0.228 e. The van der Waals surface area contributed by atoms with Crippen molar-refractivity contribution in [1.82, 2.24) is 9.97 Å². The molecule has 0 bridgehead atoms. The summed E-state index contributed by atoms with van der Waals surface area (Å²) in [6.45, 7) is 4.10. The average Bonchev–Trinajstić information content (AvgIpc) is 2.88. The number of aryl methyl sites for hydroxylation is 2. The van der Waals surface area contributed by atoms with Crippen molar-refractivity contribution in [3.8, 4) is 0 Å². The Bertz CT molecular complexity index is 661. The minimum absolute atomic E-state index is 0.0597. The molecule has 0 radical (unpaired) electrons. The fourth-order valence-electron chi connectivity index (χ4n) is 3.06. The predicted octanol–water partition coefficient (Wildman–Crippen LogP) is 3.94. The van der Waals surface area contributed by atoms with Crippen LogP contribution in [0.3, 0.4) is 0 Å². The van der Waals surface area contributed by atoms with E-state index in [1.165, 1.54) is 23.3 Å². The van der Waals surface area contributed by atoms with Gasteiger partial charge < -0.3 is 5.32 Å². The van der Waals surface area contributed by atoms with Crippen LogP contribution in [0.15, 0.2) is 6.33 Å². The summed E-state index contributed by atoms with van der Waals surface area (Å²) >= 11 is 1.76. The standard InChI is InChI=1S/C16H21N3OS/c1-3-10(4-2)15(20)19-14-13-11-7-5-6-8-12(11)21-16(13)18-9-17-14/h9-10H,3-8H2,1-2H3,(H,17,18,19,20). The number of carbonyl (C=O) groups excluding carboxylic acids is 1. The molecule has 0 fully saturated rings. The maximum absolute atomic E-state index is 12.3. The summed E-state index contributed by atoms with van der Waals surface area (Å²) in [6.07, 6.45) is 7.96. The highest BCUT2D eigenvalue weighted by atomic mass is 32.1. The van der Waals surface area contributed by atoms with Crippen molar-refractivity contribution in [3.63, 3.8) is 0 Å². The van der Waals surface area contributed by atoms with E-state index < -0.39 is 0 Å². The van der Waals surface area contributed by atoms with Gasteiger partial charge in [-0.15, -0.1) is 11.3 Å². The molecule has 5 heteroatoms. The van der Waals surface area contributed by atoms with E-state index in [0.29, 0.717) is 5.82 Å². The van der Waals surface area contributed by atoms with Gasteiger partial charge in [0.25, 0.3) is 0 Å². The number of rotatable bonds is 4. The van der Waals surface area contributed by atoms with Crippen molar-refractivity contribution in [3.05, 3.63) is 16.8 Å². The molecule has 0 saturated heterocycles. The third-order valence-corrected chi connectivity index (χ3v) is 5.55. The van der Waals surface area contributed by atoms with Crippen LogP contribution in [-0.2, 0) is 17.6 Å². The number of carbonyl (C=O) groups is 1. The Morgan fingerprint density at radius 1 is 1.29 bits per heavy atom. The Balaban J connectivity index is 1.99. The van der Waals surface area contributed by atoms with E-state index >= 15 is 0 Å². The molecule has 1 aliphatic rings. The van der Waals surface area contributed by atoms with Gasteiger partial charge in [-0.3, -0.25) is 4.79 Å². The minimum atomic E-state index is 0.0597. The van der Waals surface area contributed by atoms with Crippen LogP contribution >= 0.6 is 11.3 Å². The Kier molecular flexibility index (Phi) is 4.19. The van der Waals surface area contributed by atoms with E-state index in [1.807, 2.05) is 0 Å². The summed E-state index contributed by atoms with van der Waals surface area (Å²) in [4.78, 5) is 23.5. The lowest BCUT2D eigenvalue weighted by Gasteiger charge is -2.14. The average molecular weight is 303 g/mol. The molecule has 2 aromatic rings. The first-order valence-electron chi connectivity index (χ1n) is 7.80. The minimum Gasteiger partial charge on any atom is -0.310 e. The normalized spacial score (nSPS) is 14.4. The Hall–Kier alpha value is -1.49. The number of fused-ring (bicyclic) bond motifs is 3. The van der Waals surface area contributed by atoms with E-state index in [4.69, 9.17) is 0 Å². The lowest BCUT2D eigenvalue weighted by molar-refractivity contribution is -0.120. The van der Waals surface area contributed by atoms with Crippen LogP contribution in [0, 0.1) is 5.92 Å². The van der Waals surface area contributed by atoms with Crippen molar-refractivity contribution >= 4 is 33.3 Å². The van der Waals surface area contributed by atoms with E-state index in [9.17, 15) is 4.79 Å². The zero-order valence-corrected chi connectivity index (χ0v) is 13.4. The molecule has 2 aromatic heterocycles. The first-order valence-corrected chi connectivity index (χ1v) is 8.62. The van der Waals surface area contributed by atoms with Crippen LogP contribution in [0.2, 0.25) is 0 Å².